The number of alkyl halides is 1. The van der Waals surface area contributed by atoms with Gasteiger partial charge in [0, 0.05) is 19.0 Å². The highest BCUT2D eigenvalue weighted by molar-refractivity contribution is 6.03. The van der Waals surface area contributed by atoms with Crippen LogP contribution in [-0.2, 0) is 9.59 Å². The van der Waals surface area contributed by atoms with Crippen LogP contribution in [0, 0.1) is 11.7 Å². The molecule has 3 fully saturated rings. The molecule has 4 rings (SSSR count). The van der Waals surface area contributed by atoms with E-state index in [1.54, 1.807) is 19.1 Å². The van der Waals surface area contributed by atoms with Crippen molar-refractivity contribution in [2.24, 2.45) is 5.92 Å². The van der Waals surface area contributed by atoms with Crippen molar-refractivity contribution < 1.29 is 23.2 Å². The number of piperidine rings is 1. The van der Waals surface area contributed by atoms with Crippen molar-refractivity contribution in [2.75, 3.05) is 13.1 Å². The number of Topliss-reactive ketones (excluding diaryl/α,β-unsaturated/α-hetero) is 1. The maximum atomic E-state index is 15.6. The van der Waals surface area contributed by atoms with Gasteiger partial charge in [-0.05, 0) is 68.6 Å². The molecule has 0 bridgehead atoms. The summed E-state index contributed by atoms with van der Waals surface area (Å²) in [7, 11) is 0. The van der Waals surface area contributed by atoms with Crippen LogP contribution in [0.5, 0.6) is 0 Å². The fourth-order valence-electron chi connectivity index (χ4n) is 5.41. The summed E-state index contributed by atoms with van der Waals surface area (Å²) in [6.45, 7) is 6.09. The molecule has 7 heteroatoms. The molecule has 2 saturated carbocycles. The summed E-state index contributed by atoms with van der Waals surface area (Å²) in [4.78, 5) is 39.9. The Balaban J connectivity index is 1.52. The first-order chi connectivity index (χ1) is 16.2. The molecule has 3 aliphatic rings. The van der Waals surface area contributed by atoms with E-state index in [0.29, 0.717) is 30.5 Å². The molecule has 5 nitrogen and oxygen atoms in total. The number of carbonyl (C=O) groups is 3. The molecular formula is C27H34F2N2O3. The summed E-state index contributed by atoms with van der Waals surface area (Å²) in [5.41, 5.74) is -1.13. The summed E-state index contributed by atoms with van der Waals surface area (Å²) < 4.78 is 29.9. The third-order valence-corrected chi connectivity index (χ3v) is 7.60. The van der Waals surface area contributed by atoms with Crippen molar-refractivity contribution in [3.05, 3.63) is 47.3 Å². The highest BCUT2D eigenvalue weighted by atomic mass is 19.1. The first-order valence-electron chi connectivity index (χ1n) is 12.5. The van der Waals surface area contributed by atoms with Crippen molar-refractivity contribution in [2.45, 2.75) is 82.3 Å². The lowest BCUT2D eigenvalue weighted by molar-refractivity contribution is -0.139. The van der Waals surface area contributed by atoms with E-state index in [1.165, 1.54) is 11.0 Å². The standard InChI is InChI=1S/C27H34F2N2O3/c1-17(2)24(32)23(18-8-4-3-5-9-18)30-25(33)21-12-6-11-20(22(21)28)19-10-7-15-31(16-19)26(34)27(29)13-14-27/h6,11-12,18-19,23H,1,3-5,7-10,13-16H2,2H3,(H,30,33)/t19?,23-/m1/s1. The maximum absolute atomic E-state index is 15.6. The lowest BCUT2D eigenvalue weighted by atomic mass is 9.81. The lowest BCUT2D eigenvalue weighted by Crippen LogP contribution is -2.47. The van der Waals surface area contributed by atoms with E-state index in [2.05, 4.69) is 11.9 Å². The lowest BCUT2D eigenvalue weighted by Gasteiger charge is -2.34. The van der Waals surface area contributed by atoms with E-state index in [-0.39, 0.29) is 42.6 Å². The molecule has 1 unspecified atom stereocenters. The van der Waals surface area contributed by atoms with Crippen molar-refractivity contribution in [1.29, 1.82) is 0 Å². The molecule has 0 aromatic heterocycles. The van der Waals surface area contributed by atoms with Crippen LogP contribution in [0.2, 0.25) is 0 Å². The van der Waals surface area contributed by atoms with Gasteiger partial charge in [0.25, 0.3) is 11.8 Å². The van der Waals surface area contributed by atoms with E-state index in [4.69, 9.17) is 0 Å². The summed E-state index contributed by atoms with van der Waals surface area (Å²) in [5.74, 6) is -2.25. The van der Waals surface area contributed by atoms with Crippen LogP contribution >= 0.6 is 0 Å². The second kappa shape index (κ2) is 9.96. The van der Waals surface area contributed by atoms with Crippen LogP contribution in [-0.4, -0.2) is 47.3 Å². The molecule has 1 saturated heterocycles. The second-order valence-electron chi connectivity index (χ2n) is 10.3. The fraction of sp³-hybridized carbons (Fsp3) is 0.593. The Bertz CT molecular complexity index is 982. The zero-order valence-electron chi connectivity index (χ0n) is 19.9. The quantitative estimate of drug-likeness (QED) is 0.577. The summed E-state index contributed by atoms with van der Waals surface area (Å²) in [5, 5.41) is 2.81. The number of hydrogen-bond acceptors (Lipinski definition) is 3. The molecule has 184 valence electrons. The van der Waals surface area contributed by atoms with E-state index in [0.717, 1.165) is 32.1 Å². The Morgan fingerprint density at radius 3 is 2.47 bits per heavy atom. The van der Waals surface area contributed by atoms with E-state index in [1.807, 2.05) is 0 Å². The molecule has 2 amide bonds. The van der Waals surface area contributed by atoms with Crippen molar-refractivity contribution in [1.82, 2.24) is 10.2 Å². The summed E-state index contributed by atoms with van der Waals surface area (Å²) >= 11 is 0. The number of hydrogen-bond donors (Lipinski definition) is 1. The molecule has 1 N–H and O–H groups in total. The highest BCUT2D eigenvalue weighted by Crippen LogP contribution is 2.42. The van der Waals surface area contributed by atoms with Crippen molar-refractivity contribution >= 4 is 17.6 Å². The average molecular weight is 473 g/mol. The molecule has 0 radical (unpaired) electrons. The minimum Gasteiger partial charge on any atom is -0.341 e. The Labute approximate surface area is 200 Å². The van der Waals surface area contributed by atoms with Gasteiger partial charge < -0.3 is 10.2 Å². The predicted octanol–water partition coefficient (Wildman–Crippen LogP) is 4.86. The van der Waals surface area contributed by atoms with Gasteiger partial charge in [0.05, 0.1) is 11.6 Å². The molecule has 1 aliphatic heterocycles. The Morgan fingerprint density at radius 2 is 1.82 bits per heavy atom. The van der Waals surface area contributed by atoms with Crippen LogP contribution in [0.1, 0.15) is 86.6 Å². The number of nitrogens with one attached hydrogen (secondary N) is 1. The minimum atomic E-state index is -1.74. The van der Waals surface area contributed by atoms with Gasteiger partial charge in [-0.3, -0.25) is 14.4 Å². The number of carbonyl (C=O) groups excluding carboxylic acids is 3. The molecule has 34 heavy (non-hydrogen) atoms. The topological polar surface area (TPSA) is 66.5 Å². The Kier molecular flexibility index (Phi) is 7.20. The van der Waals surface area contributed by atoms with Gasteiger partial charge in [-0.25, -0.2) is 8.78 Å². The zero-order valence-corrected chi connectivity index (χ0v) is 19.9. The zero-order chi connectivity index (χ0) is 24.5. The third kappa shape index (κ3) is 5.08. The van der Waals surface area contributed by atoms with Gasteiger partial charge in [-0.15, -0.1) is 0 Å². The molecule has 2 aliphatic carbocycles. The van der Waals surface area contributed by atoms with Crippen LogP contribution in [0.3, 0.4) is 0 Å². The van der Waals surface area contributed by atoms with Gasteiger partial charge in [0.1, 0.15) is 5.82 Å². The normalized spacial score (nSPS) is 23.1. The van der Waals surface area contributed by atoms with Gasteiger partial charge in [0.15, 0.2) is 11.5 Å². The number of ketones is 1. The summed E-state index contributed by atoms with van der Waals surface area (Å²) in [6.07, 6.45) is 6.61. The number of halogens is 2. The number of rotatable bonds is 7. The molecule has 1 aromatic rings. The smallest absolute Gasteiger partial charge is 0.260 e. The fourth-order valence-corrected chi connectivity index (χ4v) is 5.41. The van der Waals surface area contributed by atoms with Crippen LogP contribution < -0.4 is 5.32 Å². The number of benzene rings is 1. The van der Waals surface area contributed by atoms with Crippen LogP contribution in [0.4, 0.5) is 8.78 Å². The van der Waals surface area contributed by atoms with E-state index >= 15 is 4.39 Å². The van der Waals surface area contributed by atoms with Crippen molar-refractivity contribution in [3.63, 3.8) is 0 Å². The Morgan fingerprint density at radius 1 is 1.12 bits per heavy atom. The van der Waals surface area contributed by atoms with E-state index < -0.39 is 29.3 Å². The van der Waals surface area contributed by atoms with Gasteiger partial charge in [0.2, 0.25) is 0 Å². The monoisotopic (exact) mass is 472 g/mol. The SMILES string of the molecule is C=C(C)C(=O)[C@H](NC(=O)c1cccc(C2CCCN(C(=O)C3(F)CC3)C2)c1F)C1CCCCC1. The van der Waals surface area contributed by atoms with Crippen LogP contribution in [0.15, 0.2) is 30.4 Å². The summed E-state index contributed by atoms with van der Waals surface area (Å²) in [6, 6.07) is 3.96. The number of amides is 2. The molecule has 2 atom stereocenters. The van der Waals surface area contributed by atoms with Gasteiger partial charge in [-0.2, -0.15) is 0 Å². The first kappa shape index (κ1) is 24.6. The van der Waals surface area contributed by atoms with Gasteiger partial charge in [-0.1, -0.05) is 38.0 Å². The van der Waals surface area contributed by atoms with E-state index in [9.17, 15) is 18.8 Å². The first-order valence-corrected chi connectivity index (χ1v) is 12.5. The van der Waals surface area contributed by atoms with Crippen molar-refractivity contribution in [3.8, 4) is 0 Å². The predicted molar refractivity (Wildman–Crippen MR) is 126 cm³/mol. The minimum absolute atomic E-state index is 0.0153. The molecule has 1 aromatic carbocycles. The Hall–Kier alpha value is -2.57. The number of nitrogens with zero attached hydrogens (tertiary/aromatic N) is 1. The highest BCUT2D eigenvalue weighted by Gasteiger charge is 2.53. The van der Waals surface area contributed by atoms with Crippen LogP contribution in [0.25, 0.3) is 0 Å². The number of likely N-dealkylation sites (tertiary alicyclic amines) is 1. The molecule has 1 heterocycles. The largest absolute Gasteiger partial charge is 0.341 e. The molecular weight excluding hydrogens is 438 g/mol. The third-order valence-electron chi connectivity index (χ3n) is 7.60. The maximum Gasteiger partial charge on any atom is 0.260 e. The van der Waals surface area contributed by atoms with Gasteiger partial charge >= 0.3 is 0 Å². The second-order valence-corrected chi connectivity index (χ2v) is 10.3. The average Bonchev–Trinajstić information content (AvgIpc) is 3.60. The molecule has 0 spiro atoms.